The van der Waals surface area contributed by atoms with Crippen LogP contribution in [0.1, 0.15) is 56.4 Å². The van der Waals surface area contributed by atoms with E-state index in [1.807, 2.05) is 59.3 Å². The van der Waals surface area contributed by atoms with E-state index in [1.165, 1.54) is 0 Å². The maximum Gasteiger partial charge on any atom is 0.333 e. The Morgan fingerprint density at radius 1 is 1.05 bits per heavy atom. The maximum absolute atomic E-state index is 13.8. The fraction of sp³-hybridized carbons (Fsp3) is 0.276. The number of aromatic amines is 1. The van der Waals surface area contributed by atoms with Crippen molar-refractivity contribution in [1.82, 2.24) is 34.7 Å². The number of rotatable bonds is 9. The van der Waals surface area contributed by atoms with Crippen molar-refractivity contribution in [2.75, 3.05) is 0 Å². The molecular formula is C29H30ClN7O. The number of unbranched alkanes of at least 4 members (excludes halogenated alkanes) is 1. The van der Waals surface area contributed by atoms with Crippen LogP contribution in [0.25, 0.3) is 28.2 Å². The van der Waals surface area contributed by atoms with E-state index in [0.717, 1.165) is 58.5 Å². The number of imidazole rings is 1. The first-order chi connectivity index (χ1) is 18.5. The number of nitrogens with one attached hydrogen (secondary N) is 1. The number of H-pyrrole nitrogens is 1. The highest BCUT2D eigenvalue weighted by Crippen LogP contribution is 2.31. The van der Waals surface area contributed by atoms with E-state index in [4.69, 9.17) is 11.6 Å². The molecule has 3 heterocycles. The molecule has 0 atom stereocenters. The van der Waals surface area contributed by atoms with E-state index in [1.54, 1.807) is 17.0 Å². The number of hydrogen-bond donors (Lipinski definition) is 1. The molecule has 5 rings (SSSR count). The number of tetrazole rings is 1. The molecule has 0 saturated heterocycles. The summed E-state index contributed by atoms with van der Waals surface area (Å²) in [4.78, 5) is 18.1. The second kappa shape index (κ2) is 11.1. The van der Waals surface area contributed by atoms with Crippen LogP contribution >= 0.6 is 11.6 Å². The minimum absolute atomic E-state index is 0.0810. The van der Waals surface area contributed by atoms with Crippen molar-refractivity contribution in [2.45, 2.75) is 52.5 Å². The number of nitrogens with zero attached hydrogens (tertiary/aromatic N) is 6. The first-order valence-corrected chi connectivity index (χ1v) is 13.2. The summed E-state index contributed by atoms with van der Waals surface area (Å²) in [5, 5.41) is 14.8. The normalized spacial score (nSPS) is 11.4. The van der Waals surface area contributed by atoms with Crippen LogP contribution in [0.3, 0.4) is 0 Å². The first kappa shape index (κ1) is 25.6. The van der Waals surface area contributed by atoms with Gasteiger partial charge in [-0.1, -0.05) is 75.2 Å². The summed E-state index contributed by atoms with van der Waals surface area (Å²) in [5.74, 6) is 0.816. The van der Waals surface area contributed by atoms with Crippen molar-refractivity contribution in [3.8, 4) is 28.2 Å². The molecule has 0 fully saturated rings. The number of hydrogen-bond acceptors (Lipinski definition) is 5. The van der Waals surface area contributed by atoms with Crippen LogP contribution in [0.2, 0.25) is 5.02 Å². The molecule has 0 radical (unpaired) electrons. The predicted molar refractivity (Wildman–Crippen MR) is 150 cm³/mol. The van der Waals surface area contributed by atoms with Gasteiger partial charge in [-0.3, -0.25) is 14.1 Å². The third-order valence-electron chi connectivity index (χ3n) is 6.76. The molecule has 8 nitrogen and oxygen atoms in total. The Balaban J connectivity index is 1.51. The quantitative estimate of drug-likeness (QED) is 0.252. The third kappa shape index (κ3) is 5.04. The lowest BCUT2D eigenvalue weighted by Crippen LogP contribution is -2.25. The minimum atomic E-state index is -0.0810. The molecule has 0 bridgehead atoms. The summed E-state index contributed by atoms with van der Waals surface area (Å²) >= 11 is 6.64. The van der Waals surface area contributed by atoms with Crippen LogP contribution in [0.5, 0.6) is 0 Å². The van der Waals surface area contributed by atoms with Crippen LogP contribution in [0, 0.1) is 0 Å². The van der Waals surface area contributed by atoms with Gasteiger partial charge in [-0.15, -0.1) is 5.10 Å². The molecule has 5 aromatic rings. The third-order valence-corrected chi connectivity index (χ3v) is 7.06. The molecule has 3 aromatic heterocycles. The van der Waals surface area contributed by atoms with Gasteiger partial charge < -0.3 is 0 Å². The largest absolute Gasteiger partial charge is 0.333 e. The lowest BCUT2D eigenvalue weighted by atomic mass is 10.0. The molecule has 9 heteroatoms. The lowest BCUT2D eigenvalue weighted by molar-refractivity contribution is 0.673. The van der Waals surface area contributed by atoms with Gasteiger partial charge in [-0.25, -0.2) is 9.89 Å². The van der Waals surface area contributed by atoms with Crippen molar-refractivity contribution in [1.29, 1.82) is 0 Å². The van der Waals surface area contributed by atoms with Crippen molar-refractivity contribution in [3.63, 3.8) is 0 Å². The van der Waals surface area contributed by atoms with Gasteiger partial charge in [-0.2, -0.15) is 0 Å². The van der Waals surface area contributed by atoms with E-state index >= 15 is 0 Å². The van der Waals surface area contributed by atoms with Gasteiger partial charge in [0.25, 0.3) is 0 Å². The highest BCUT2D eigenvalue weighted by Gasteiger charge is 2.19. The number of aryl methyl sites for hydroxylation is 1. The molecule has 0 saturated carbocycles. The molecule has 194 valence electrons. The number of pyridine rings is 1. The number of aromatic nitrogens is 7. The average Bonchev–Trinajstić information content (AvgIpc) is 3.57. The maximum atomic E-state index is 13.8. The topological polar surface area (TPSA) is 94.3 Å². The minimum Gasteiger partial charge on any atom is -0.292 e. The number of halogens is 1. The molecule has 1 N–H and O–H groups in total. The fourth-order valence-electron chi connectivity index (χ4n) is 4.74. The molecular weight excluding hydrogens is 498 g/mol. The zero-order valence-electron chi connectivity index (χ0n) is 21.7. The van der Waals surface area contributed by atoms with E-state index in [-0.39, 0.29) is 11.6 Å². The van der Waals surface area contributed by atoms with Crippen molar-refractivity contribution >= 4 is 11.6 Å². The van der Waals surface area contributed by atoms with Crippen LogP contribution in [-0.4, -0.2) is 34.7 Å². The Morgan fingerprint density at radius 3 is 2.58 bits per heavy atom. The molecule has 0 aliphatic heterocycles. The van der Waals surface area contributed by atoms with Crippen molar-refractivity contribution in [3.05, 3.63) is 99.4 Å². The van der Waals surface area contributed by atoms with Crippen LogP contribution in [0.4, 0.5) is 0 Å². The van der Waals surface area contributed by atoms with Gasteiger partial charge in [0.2, 0.25) is 0 Å². The van der Waals surface area contributed by atoms with Crippen LogP contribution < -0.4 is 5.69 Å². The summed E-state index contributed by atoms with van der Waals surface area (Å²) in [6, 6.07) is 15.9. The van der Waals surface area contributed by atoms with Gasteiger partial charge in [-0.05, 0) is 58.0 Å². The molecule has 0 aliphatic carbocycles. The highest BCUT2D eigenvalue weighted by molar-refractivity contribution is 6.32. The Labute approximate surface area is 226 Å². The number of benzene rings is 2. The second-order valence-corrected chi connectivity index (χ2v) is 10.1. The Bertz CT molecular complexity index is 1580. The summed E-state index contributed by atoms with van der Waals surface area (Å²) < 4.78 is 3.60. The molecule has 0 unspecified atom stereocenters. The Kier molecular flexibility index (Phi) is 7.51. The van der Waals surface area contributed by atoms with Gasteiger partial charge in [0.1, 0.15) is 0 Å². The summed E-state index contributed by atoms with van der Waals surface area (Å²) in [7, 11) is 0. The van der Waals surface area contributed by atoms with E-state index in [0.29, 0.717) is 17.4 Å². The molecule has 2 aromatic carbocycles. The van der Waals surface area contributed by atoms with Gasteiger partial charge in [0, 0.05) is 35.4 Å². The molecule has 0 amide bonds. The van der Waals surface area contributed by atoms with Crippen molar-refractivity contribution in [2.24, 2.45) is 0 Å². The zero-order chi connectivity index (χ0) is 26.6. The zero-order valence-corrected chi connectivity index (χ0v) is 22.5. The summed E-state index contributed by atoms with van der Waals surface area (Å²) in [5.41, 5.74) is 6.55. The van der Waals surface area contributed by atoms with Gasteiger partial charge >= 0.3 is 5.69 Å². The molecule has 0 aliphatic rings. The van der Waals surface area contributed by atoms with E-state index in [2.05, 4.69) is 46.4 Å². The average molecular weight is 528 g/mol. The standard InChI is InChI=1S/C29H30ClN7O/c1-4-5-7-22-18-37(27-23(19(2)3)8-6-9-26(27)30)29(38)36(22)17-20-10-12-21(13-11-20)25-16-31-15-14-24(25)28-32-34-35-33-28/h6,8-16,18-19H,4-5,7,17H2,1-3H3,(H,32,33,34,35). The SMILES string of the molecule is CCCCc1cn(-c2c(Cl)cccc2C(C)C)c(=O)n1Cc1ccc(-c2cnccc2-c2nnn[nH]2)cc1. The van der Waals surface area contributed by atoms with Gasteiger partial charge in [0.15, 0.2) is 5.82 Å². The highest BCUT2D eigenvalue weighted by atomic mass is 35.5. The Morgan fingerprint density at radius 2 is 1.87 bits per heavy atom. The lowest BCUT2D eigenvalue weighted by Gasteiger charge is -2.14. The molecule has 0 spiro atoms. The van der Waals surface area contributed by atoms with E-state index in [9.17, 15) is 4.79 Å². The summed E-state index contributed by atoms with van der Waals surface area (Å²) in [6.07, 6.45) is 8.35. The fourth-order valence-corrected chi connectivity index (χ4v) is 5.02. The second-order valence-electron chi connectivity index (χ2n) is 9.66. The molecule has 38 heavy (non-hydrogen) atoms. The monoisotopic (exact) mass is 527 g/mol. The number of para-hydroxylation sites is 1. The van der Waals surface area contributed by atoms with Crippen LogP contribution in [0.15, 0.2) is 71.9 Å². The van der Waals surface area contributed by atoms with Crippen molar-refractivity contribution < 1.29 is 0 Å². The van der Waals surface area contributed by atoms with Gasteiger partial charge in [0.05, 0.1) is 17.3 Å². The predicted octanol–water partition coefficient (Wildman–Crippen LogP) is 6.05. The van der Waals surface area contributed by atoms with Crippen LogP contribution in [-0.2, 0) is 13.0 Å². The summed E-state index contributed by atoms with van der Waals surface area (Å²) in [6.45, 7) is 6.86. The first-order valence-electron chi connectivity index (χ1n) is 12.8. The smallest absolute Gasteiger partial charge is 0.292 e. The Hall–Kier alpha value is -4.04. The van der Waals surface area contributed by atoms with E-state index < -0.39 is 0 Å².